The summed E-state index contributed by atoms with van der Waals surface area (Å²) in [6.45, 7) is 1.74. The third-order valence-electron chi connectivity index (χ3n) is 4.37. The van der Waals surface area contributed by atoms with E-state index in [1.165, 1.54) is 23.0 Å². The van der Waals surface area contributed by atoms with E-state index < -0.39 is 11.7 Å². The molecule has 0 fully saturated rings. The molecule has 1 atom stereocenters. The minimum absolute atomic E-state index is 0.129. The third kappa shape index (κ3) is 4.85. The van der Waals surface area contributed by atoms with Gasteiger partial charge in [0.1, 0.15) is 11.5 Å². The zero-order chi connectivity index (χ0) is 20.8. The maximum Gasteiger partial charge on any atom is 0.276 e. The van der Waals surface area contributed by atoms with E-state index in [9.17, 15) is 19.1 Å². The predicted octanol–water partition coefficient (Wildman–Crippen LogP) is 2.76. The molecular weight excluding hydrogens is 375 g/mol. The first kappa shape index (κ1) is 20.2. The Bertz CT molecular complexity index is 997. The van der Waals surface area contributed by atoms with Crippen molar-refractivity contribution in [2.24, 2.45) is 0 Å². The molecule has 0 saturated carbocycles. The van der Waals surface area contributed by atoms with Crippen LogP contribution in [-0.2, 0) is 0 Å². The number of hydrogen-bond acceptors (Lipinski definition) is 4. The van der Waals surface area contributed by atoms with E-state index in [1.807, 2.05) is 6.92 Å². The van der Waals surface area contributed by atoms with Crippen LogP contribution in [0.1, 0.15) is 34.2 Å². The highest BCUT2D eigenvalue weighted by atomic mass is 19.1. The second kappa shape index (κ2) is 9.11. The van der Waals surface area contributed by atoms with E-state index >= 15 is 0 Å². The van der Waals surface area contributed by atoms with Crippen molar-refractivity contribution in [3.05, 3.63) is 77.9 Å². The van der Waals surface area contributed by atoms with Crippen molar-refractivity contribution < 1.29 is 19.1 Å². The van der Waals surface area contributed by atoms with Crippen molar-refractivity contribution in [3.8, 4) is 5.69 Å². The summed E-state index contributed by atoms with van der Waals surface area (Å²) in [4.78, 5) is 24.5. The van der Waals surface area contributed by atoms with Gasteiger partial charge in [-0.1, -0.05) is 19.1 Å². The van der Waals surface area contributed by atoms with Gasteiger partial charge in [0.2, 0.25) is 0 Å². The highest BCUT2D eigenvalue weighted by Crippen LogP contribution is 2.14. The summed E-state index contributed by atoms with van der Waals surface area (Å²) in [5.74, 6) is -1.20. The van der Waals surface area contributed by atoms with Crippen LogP contribution in [-0.4, -0.2) is 39.4 Å². The number of carbonyl (C=O) groups is 2. The molecule has 0 bridgehead atoms. The van der Waals surface area contributed by atoms with Crippen LogP contribution >= 0.6 is 0 Å². The van der Waals surface area contributed by atoms with E-state index in [4.69, 9.17) is 0 Å². The molecule has 0 spiro atoms. The summed E-state index contributed by atoms with van der Waals surface area (Å²) in [6.07, 6.45) is 2.13. The Labute approximate surface area is 167 Å². The molecule has 29 heavy (non-hydrogen) atoms. The van der Waals surface area contributed by atoms with Gasteiger partial charge in [0, 0.05) is 17.4 Å². The Morgan fingerprint density at radius 2 is 1.83 bits per heavy atom. The molecule has 3 aromatic rings. The molecule has 0 aliphatic rings. The van der Waals surface area contributed by atoms with Crippen molar-refractivity contribution in [2.75, 3.05) is 11.9 Å². The first-order chi connectivity index (χ1) is 14.0. The quantitative estimate of drug-likeness (QED) is 0.572. The largest absolute Gasteiger partial charge is 0.394 e. The lowest BCUT2D eigenvalue weighted by molar-refractivity contribution is 0.0914. The van der Waals surface area contributed by atoms with Crippen molar-refractivity contribution in [2.45, 2.75) is 19.4 Å². The molecule has 1 heterocycles. The maximum absolute atomic E-state index is 13.9. The summed E-state index contributed by atoms with van der Waals surface area (Å²) < 4.78 is 15.1. The molecular formula is C21H21FN4O3. The lowest BCUT2D eigenvalue weighted by Gasteiger charge is -2.14. The van der Waals surface area contributed by atoms with E-state index in [0.717, 1.165) is 0 Å². The van der Waals surface area contributed by atoms with Crippen LogP contribution in [0, 0.1) is 5.82 Å². The minimum Gasteiger partial charge on any atom is -0.394 e. The highest BCUT2D eigenvalue weighted by Gasteiger charge is 2.14. The molecule has 2 aromatic carbocycles. The molecule has 3 N–H and O–H groups in total. The van der Waals surface area contributed by atoms with Crippen molar-refractivity contribution in [1.82, 2.24) is 15.1 Å². The van der Waals surface area contributed by atoms with Gasteiger partial charge in [0.25, 0.3) is 11.8 Å². The number of aliphatic hydroxyl groups is 1. The second-order valence-electron chi connectivity index (χ2n) is 6.39. The van der Waals surface area contributed by atoms with Crippen LogP contribution < -0.4 is 10.6 Å². The minimum atomic E-state index is -0.455. The van der Waals surface area contributed by atoms with Gasteiger partial charge < -0.3 is 15.7 Å². The summed E-state index contributed by atoms with van der Waals surface area (Å²) >= 11 is 0. The topological polar surface area (TPSA) is 96.3 Å². The standard InChI is InChI=1S/C21H21FN4O3/c1-2-15(13-27)23-20(28)14-7-9-16(10-8-14)24-21(29)18-11-12-26(25-18)19-6-4-3-5-17(19)22/h3-12,15,27H,2,13H2,1H3,(H,23,28)(H,24,29)/t15-/m1/s1. The number of anilines is 1. The van der Waals surface area contributed by atoms with E-state index in [1.54, 1.807) is 42.5 Å². The number of aromatic nitrogens is 2. The molecule has 0 saturated heterocycles. The van der Waals surface area contributed by atoms with E-state index in [0.29, 0.717) is 17.7 Å². The maximum atomic E-state index is 13.9. The summed E-state index contributed by atoms with van der Waals surface area (Å²) in [5, 5.41) is 18.7. The first-order valence-corrected chi connectivity index (χ1v) is 9.15. The van der Waals surface area contributed by atoms with Crippen molar-refractivity contribution in [1.29, 1.82) is 0 Å². The monoisotopic (exact) mass is 396 g/mol. The summed E-state index contributed by atoms with van der Waals surface area (Å²) in [5.41, 5.74) is 1.28. The van der Waals surface area contributed by atoms with E-state index in [-0.39, 0.29) is 29.9 Å². The van der Waals surface area contributed by atoms with Gasteiger partial charge in [-0.2, -0.15) is 5.10 Å². The van der Waals surface area contributed by atoms with Gasteiger partial charge in [0.15, 0.2) is 5.69 Å². The molecule has 0 unspecified atom stereocenters. The number of hydrogen-bond donors (Lipinski definition) is 3. The number of rotatable bonds is 7. The lowest BCUT2D eigenvalue weighted by Crippen LogP contribution is -2.36. The van der Waals surface area contributed by atoms with Crippen LogP contribution in [0.15, 0.2) is 60.8 Å². The number of amides is 2. The van der Waals surface area contributed by atoms with Gasteiger partial charge in [-0.05, 0) is 48.9 Å². The van der Waals surface area contributed by atoms with Crippen LogP contribution in [0.25, 0.3) is 5.69 Å². The van der Waals surface area contributed by atoms with Gasteiger partial charge in [-0.15, -0.1) is 0 Å². The molecule has 150 valence electrons. The zero-order valence-corrected chi connectivity index (χ0v) is 15.8. The number of para-hydroxylation sites is 1. The fourth-order valence-corrected chi connectivity index (χ4v) is 2.66. The average Bonchev–Trinajstić information content (AvgIpc) is 3.23. The molecule has 0 aliphatic heterocycles. The Morgan fingerprint density at radius 3 is 2.48 bits per heavy atom. The fraction of sp³-hybridized carbons (Fsp3) is 0.190. The smallest absolute Gasteiger partial charge is 0.276 e. The Balaban J connectivity index is 1.66. The van der Waals surface area contributed by atoms with Gasteiger partial charge in [-0.3, -0.25) is 9.59 Å². The van der Waals surface area contributed by atoms with Gasteiger partial charge >= 0.3 is 0 Å². The number of nitrogens with zero attached hydrogens (tertiary/aromatic N) is 2. The van der Waals surface area contributed by atoms with Gasteiger partial charge in [-0.25, -0.2) is 9.07 Å². The van der Waals surface area contributed by atoms with Gasteiger partial charge in [0.05, 0.1) is 12.6 Å². The Hall–Kier alpha value is -3.52. The van der Waals surface area contributed by atoms with Crippen LogP contribution in [0.5, 0.6) is 0 Å². The Morgan fingerprint density at radius 1 is 1.10 bits per heavy atom. The lowest BCUT2D eigenvalue weighted by atomic mass is 10.1. The number of halogens is 1. The number of carbonyl (C=O) groups excluding carboxylic acids is 2. The number of benzene rings is 2. The van der Waals surface area contributed by atoms with Crippen molar-refractivity contribution in [3.63, 3.8) is 0 Å². The normalized spacial score (nSPS) is 11.7. The number of nitrogens with one attached hydrogen (secondary N) is 2. The summed E-state index contributed by atoms with van der Waals surface area (Å²) in [7, 11) is 0. The predicted molar refractivity (Wildman–Crippen MR) is 107 cm³/mol. The molecule has 7 nitrogen and oxygen atoms in total. The third-order valence-corrected chi connectivity index (χ3v) is 4.37. The number of aliphatic hydroxyl groups excluding tert-OH is 1. The van der Waals surface area contributed by atoms with Crippen LogP contribution in [0.3, 0.4) is 0 Å². The molecule has 1 aromatic heterocycles. The second-order valence-corrected chi connectivity index (χ2v) is 6.39. The average molecular weight is 396 g/mol. The van der Waals surface area contributed by atoms with Crippen LogP contribution in [0.4, 0.5) is 10.1 Å². The molecule has 2 amide bonds. The summed E-state index contributed by atoms with van der Waals surface area (Å²) in [6, 6.07) is 13.7. The molecule has 0 radical (unpaired) electrons. The Kier molecular flexibility index (Phi) is 6.36. The van der Waals surface area contributed by atoms with E-state index in [2.05, 4.69) is 15.7 Å². The fourth-order valence-electron chi connectivity index (χ4n) is 2.66. The zero-order valence-electron chi connectivity index (χ0n) is 15.8. The highest BCUT2D eigenvalue weighted by molar-refractivity contribution is 6.03. The van der Waals surface area contributed by atoms with Crippen molar-refractivity contribution >= 4 is 17.5 Å². The molecule has 0 aliphatic carbocycles. The molecule has 3 rings (SSSR count). The van der Waals surface area contributed by atoms with Crippen LogP contribution in [0.2, 0.25) is 0 Å². The first-order valence-electron chi connectivity index (χ1n) is 9.15. The SMILES string of the molecule is CC[C@H](CO)NC(=O)c1ccc(NC(=O)c2ccn(-c3ccccc3F)n2)cc1. The molecule has 8 heteroatoms.